The summed E-state index contributed by atoms with van der Waals surface area (Å²) in [5.74, 6) is -1.89. The highest BCUT2D eigenvalue weighted by molar-refractivity contribution is 7.92. The van der Waals surface area contributed by atoms with E-state index in [0.29, 0.717) is 64.0 Å². The molecule has 0 heterocycles. The van der Waals surface area contributed by atoms with Gasteiger partial charge in [0.1, 0.15) is 29.2 Å². The Hall–Kier alpha value is -9.89. The van der Waals surface area contributed by atoms with Crippen LogP contribution in [0.15, 0.2) is 169 Å². The fourth-order valence-electron chi connectivity index (χ4n) is 9.19. The fourth-order valence-corrected chi connectivity index (χ4v) is 10.3. The van der Waals surface area contributed by atoms with Crippen molar-refractivity contribution in [2.75, 3.05) is 37.9 Å². The number of carbonyl (C=O) groups excluding carboxylic acids is 5. The monoisotopic (exact) mass is 1290 g/mol. The molecule has 0 radical (unpaired) electrons. The lowest BCUT2D eigenvalue weighted by Gasteiger charge is -2.25. The second-order valence-corrected chi connectivity index (χ2v) is 24.5. The van der Waals surface area contributed by atoms with E-state index in [1.54, 1.807) is 136 Å². The number of methoxy groups -OCH3 is 2. The second kappa shape index (κ2) is 36.2. The highest BCUT2D eigenvalue weighted by Gasteiger charge is 2.29. The average molecular weight is 1290 g/mol. The molecule has 0 aliphatic carbocycles. The summed E-state index contributed by atoms with van der Waals surface area (Å²) in [7, 11) is -0.968. The van der Waals surface area contributed by atoms with E-state index in [0.717, 1.165) is 25.7 Å². The van der Waals surface area contributed by atoms with E-state index < -0.39 is 63.4 Å². The van der Waals surface area contributed by atoms with Crippen LogP contribution in [0.3, 0.4) is 0 Å². The third kappa shape index (κ3) is 24.0. The molecule has 494 valence electrons. The van der Waals surface area contributed by atoms with E-state index >= 15 is 0 Å². The summed E-state index contributed by atoms with van der Waals surface area (Å²) < 4.78 is 66.8. The molecule has 7 rings (SSSR count). The van der Waals surface area contributed by atoms with Crippen LogP contribution in [0, 0.1) is 0 Å². The lowest BCUT2D eigenvalue weighted by molar-refractivity contribution is -0.157. The van der Waals surface area contributed by atoms with Crippen LogP contribution in [0.25, 0.3) is 0 Å². The molecular formula is C72H84N4O16S. The highest BCUT2D eigenvalue weighted by atomic mass is 32.2. The predicted molar refractivity (Wildman–Crippen MR) is 355 cm³/mol. The van der Waals surface area contributed by atoms with Crippen LogP contribution in [0.2, 0.25) is 0 Å². The van der Waals surface area contributed by atoms with E-state index in [2.05, 4.69) is 29.2 Å². The van der Waals surface area contributed by atoms with E-state index in [1.807, 2.05) is 0 Å². The van der Waals surface area contributed by atoms with Gasteiger partial charge in [0.2, 0.25) is 0 Å². The van der Waals surface area contributed by atoms with E-state index in [4.69, 9.17) is 38.9 Å². The van der Waals surface area contributed by atoms with Crippen LogP contribution in [-0.4, -0.2) is 94.3 Å². The predicted octanol–water partition coefficient (Wildman–Crippen LogP) is 13.0. The van der Waals surface area contributed by atoms with Crippen molar-refractivity contribution in [3.05, 3.63) is 197 Å². The second-order valence-electron chi connectivity index (χ2n) is 22.8. The topological polar surface area (TPSA) is 284 Å². The minimum atomic E-state index is -3.82. The van der Waals surface area contributed by atoms with Crippen LogP contribution in [-0.2, 0) is 37.2 Å². The molecule has 0 aliphatic rings. The number of sulfonamides is 1. The van der Waals surface area contributed by atoms with Crippen molar-refractivity contribution < 1.29 is 75.4 Å². The first-order valence-corrected chi connectivity index (χ1v) is 32.4. The Morgan fingerprint density at radius 1 is 0.505 bits per heavy atom. The van der Waals surface area contributed by atoms with Crippen LogP contribution in [0.5, 0.6) is 34.5 Å². The number of carboxylic acids is 1. The van der Waals surface area contributed by atoms with Crippen LogP contribution in [0.4, 0.5) is 11.4 Å². The number of amides is 2. The molecule has 7 aromatic carbocycles. The van der Waals surface area contributed by atoms with Gasteiger partial charge in [0, 0.05) is 35.3 Å². The van der Waals surface area contributed by atoms with Gasteiger partial charge in [0.15, 0.2) is 23.0 Å². The molecule has 7 aromatic rings. The molecule has 2 atom stereocenters. The number of rotatable bonds is 33. The van der Waals surface area contributed by atoms with Crippen LogP contribution in [0.1, 0.15) is 151 Å². The Morgan fingerprint density at radius 3 is 1.35 bits per heavy atom. The summed E-state index contributed by atoms with van der Waals surface area (Å²) in [5, 5.41) is 15.1. The minimum absolute atomic E-state index is 0.0862. The van der Waals surface area contributed by atoms with E-state index in [-0.39, 0.29) is 46.2 Å². The zero-order chi connectivity index (χ0) is 67.3. The fraction of sp³-hybridized carbons (Fsp3) is 0.333. The molecule has 2 amide bonds. The van der Waals surface area contributed by atoms with Gasteiger partial charge < -0.3 is 54.6 Å². The van der Waals surface area contributed by atoms with Crippen molar-refractivity contribution >= 4 is 57.1 Å². The molecule has 93 heavy (non-hydrogen) atoms. The van der Waals surface area contributed by atoms with Gasteiger partial charge in [-0.25, -0.2) is 27.6 Å². The highest BCUT2D eigenvalue weighted by Crippen LogP contribution is 2.32. The van der Waals surface area contributed by atoms with Crippen molar-refractivity contribution in [3.8, 4) is 34.5 Å². The zero-order valence-electron chi connectivity index (χ0n) is 53.7. The number of ether oxygens (including phenoxy) is 7. The number of esters is 3. The van der Waals surface area contributed by atoms with E-state index in [9.17, 15) is 42.3 Å². The Morgan fingerprint density at radius 2 is 0.925 bits per heavy atom. The first-order valence-electron chi connectivity index (χ1n) is 30.9. The quantitative estimate of drug-likeness (QED) is 0.0111. The summed E-state index contributed by atoms with van der Waals surface area (Å²) in [4.78, 5) is 76.8. The SMILES string of the molecule is CCCCCCCOc1ccc(C(=O)Oc2ccc(CC(NC(=O)c3ccc(N)cc3)C(=O)OC(C)(C)C)cc2OC)cc1.CCCCCCCOc1ccc(C(=O)Oc2ccc(CC(NC(=O)c3ccc(NS(=O)(=O)c4ccccc4)cc3)C(=O)O)cc2OC)cc1. The van der Waals surface area contributed by atoms with Crippen LogP contribution >= 0.6 is 0 Å². The van der Waals surface area contributed by atoms with Crippen molar-refractivity contribution in [1.29, 1.82) is 0 Å². The number of nitrogens with one attached hydrogen (secondary N) is 3. The normalized spacial score (nSPS) is 11.7. The number of carbonyl (C=O) groups is 6. The summed E-state index contributed by atoms with van der Waals surface area (Å²) in [6.45, 7) is 10.9. The third-order valence-corrected chi connectivity index (χ3v) is 15.6. The Balaban J connectivity index is 0.000000297. The first kappa shape index (κ1) is 72.2. The zero-order valence-corrected chi connectivity index (χ0v) is 54.5. The number of hydrogen-bond donors (Lipinski definition) is 5. The molecule has 0 saturated heterocycles. The molecule has 6 N–H and O–H groups in total. The Kier molecular flexibility index (Phi) is 28.1. The van der Waals surface area contributed by atoms with Crippen molar-refractivity contribution in [1.82, 2.24) is 10.6 Å². The standard InChI is InChI=1S/C37H40N2O9S.C35H44N2O7/c1-3-4-5-6-10-23-47-30-20-16-28(17-21-30)37(43)48-33-22-13-26(25-34(33)46-2)24-32(36(41)42)38-35(40)27-14-18-29(19-15-27)39-49(44,45)31-11-8-7-9-12-31;1-6-7-8-9-10-21-42-28-18-14-26(15-19-28)33(39)43-30-20-11-24(23-31(30)41-5)22-29(34(40)44-35(2,3)4)37-32(38)25-12-16-27(36)17-13-25/h7-9,11-22,25,32,39H,3-6,10,23-24H2,1-2H3,(H,38,40)(H,41,42);11-20,23,29H,6-10,21-22,36H2,1-5H3,(H,37,38). The molecule has 2 unspecified atom stereocenters. The van der Waals surface area contributed by atoms with E-state index in [1.165, 1.54) is 101 Å². The number of carboxylic acid groups (broad SMARTS) is 1. The van der Waals surface area contributed by atoms with Gasteiger partial charge >= 0.3 is 23.9 Å². The lowest BCUT2D eigenvalue weighted by atomic mass is 10.0. The molecule has 0 aromatic heterocycles. The Labute approximate surface area is 544 Å². The van der Waals surface area contributed by atoms with Crippen molar-refractivity contribution in [3.63, 3.8) is 0 Å². The lowest BCUT2D eigenvalue weighted by Crippen LogP contribution is -2.45. The largest absolute Gasteiger partial charge is 0.494 e. The number of nitrogens with two attached hydrogens (primary N) is 1. The maximum Gasteiger partial charge on any atom is 0.343 e. The number of nitrogen functional groups attached to an aromatic ring is 1. The molecule has 0 aliphatic heterocycles. The molecule has 0 saturated carbocycles. The van der Waals surface area contributed by atoms with Gasteiger partial charge in [-0.15, -0.1) is 0 Å². The van der Waals surface area contributed by atoms with Gasteiger partial charge in [-0.05, 0) is 178 Å². The van der Waals surface area contributed by atoms with Gasteiger partial charge in [0.25, 0.3) is 21.8 Å². The molecular weight excluding hydrogens is 1210 g/mol. The summed E-state index contributed by atoms with van der Waals surface area (Å²) in [6.07, 6.45) is 11.5. The van der Waals surface area contributed by atoms with Gasteiger partial charge in [-0.2, -0.15) is 0 Å². The number of benzene rings is 7. The number of hydrogen-bond acceptors (Lipinski definition) is 16. The Bertz CT molecular complexity index is 3670. The maximum absolute atomic E-state index is 13.1. The summed E-state index contributed by atoms with van der Waals surface area (Å²) in [6, 6.07) is 40.6. The molecule has 0 bridgehead atoms. The summed E-state index contributed by atoms with van der Waals surface area (Å²) in [5.41, 5.74) is 8.07. The van der Waals surface area contributed by atoms with Crippen molar-refractivity contribution in [2.45, 2.75) is 134 Å². The third-order valence-electron chi connectivity index (χ3n) is 14.2. The van der Waals surface area contributed by atoms with Gasteiger partial charge in [0.05, 0.1) is 43.5 Å². The van der Waals surface area contributed by atoms with Crippen molar-refractivity contribution in [2.24, 2.45) is 0 Å². The minimum Gasteiger partial charge on any atom is -0.494 e. The molecule has 21 heteroatoms. The maximum atomic E-state index is 13.1. The average Bonchev–Trinajstić information content (AvgIpc) is 1.11. The van der Waals surface area contributed by atoms with Gasteiger partial charge in [-0.3, -0.25) is 14.3 Å². The molecule has 0 fully saturated rings. The number of unbranched alkanes of at least 4 members (excludes halogenated alkanes) is 8. The first-order chi connectivity index (χ1) is 44.6. The molecule has 20 nitrogen and oxygen atoms in total. The molecule has 0 spiro atoms. The summed E-state index contributed by atoms with van der Waals surface area (Å²) >= 11 is 0. The smallest absolute Gasteiger partial charge is 0.343 e. The van der Waals surface area contributed by atoms with Gasteiger partial charge in [-0.1, -0.05) is 95.5 Å². The number of aliphatic carboxylic acids is 1. The number of anilines is 2. The van der Waals surface area contributed by atoms with Crippen LogP contribution < -0.4 is 49.5 Å².